The van der Waals surface area contributed by atoms with E-state index in [0.29, 0.717) is 30.3 Å². The van der Waals surface area contributed by atoms with Gasteiger partial charge in [0.25, 0.3) is 5.91 Å². The number of carbonyl (C=O) groups is 1. The number of aliphatic hydroxyl groups is 1. The van der Waals surface area contributed by atoms with Crippen LogP contribution in [0, 0.1) is 0 Å². The first kappa shape index (κ1) is 18.9. The molecule has 0 aromatic carbocycles. The van der Waals surface area contributed by atoms with Gasteiger partial charge in [-0.25, -0.2) is 9.97 Å². The number of aryl methyl sites for hydroxylation is 1. The summed E-state index contributed by atoms with van der Waals surface area (Å²) >= 11 is 5.88. The normalized spacial score (nSPS) is 19.7. The summed E-state index contributed by atoms with van der Waals surface area (Å²) in [6.45, 7) is 0.743. The van der Waals surface area contributed by atoms with Crippen molar-refractivity contribution in [3.8, 4) is 0 Å². The molecular weight excluding hydrogens is 380 g/mol. The summed E-state index contributed by atoms with van der Waals surface area (Å²) in [4.78, 5) is 21.4. The lowest BCUT2D eigenvalue weighted by Crippen LogP contribution is -2.48. The Morgan fingerprint density at radius 3 is 3.04 bits per heavy atom. The van der Waals surface area contributed by atoms with Crippen molar-refractivity contribution in [3.63, 3.8) is 0 Å². The maximum Gasteiger partial charge on any atom is 0.270 e. The minimum atomic E-state index is -0.710. The van der Waals surface area contributed by atoms with Crippen LogP contribution < -0.4 is 5.32 Å². The van der Waals surface area contributed by atoms with Gasteiger partial charge in [-0.1, -0.05) is 17.7 Å². The van der Waals surface area contributed by atoms with Gasteiger partial charge in [-0.05, 0) is 35.7 Å². The Balaban J connectivity index is 1.65. The van der Waals surface area contributed by atoms with Gasteiger partial charge in [0.15, 0.2) is 0 Å². The molecule has 4 heterocycles. The lowest BCUT2D eigenvalue weighted by molar-refractivity contribution is -0.0261. The number of nitrogens with zero attached hydrogens (tertiary/aromatic N) is 3. The van der Waals surface area contributed by atoms with Crippen LogP contribution in [0.15, 0.2) is 36.7 Å². The molecule has 1 saturated heterocycles. The van der Waals surface area contributed by atoms with Crippen molar-refractivity contribution >= 4 is 28.5 Å². The number of amides is 1. The predicted molar refractivity (Wildman–Crippen MR) is 105 cm³/mol. The Kier molecular flexibility index (Phi) is 5.30. The van der Waals surface area contributed by atoms with E-state index in [4.69, 9.17) is 16.3 Å². The molecule has 0 aliphatic carbocycles. The summed E-state index contributed by atoms with van der Waals surface area (Å²) < 4.78 is 7.21. The first-order valence-corrected chi connectivity index (χ1v) is 9.51. The largest absolute Gasteiger partial charge is 0.389 e. The molecule has 146 valence electrons. The molecule has 2 atom stereocenters. The number of aromatic nitrogens is 3. The Morgan fingerprint density at radius 1 is 1.43 bits per heavy atom. The smallest absolute Gasteiger partial charge is 0.270 e. The second kappa shape index (κ2) is 7.87. The van der Waals surface area contributed by atoms with Crippen LogP contribution in [-0.2, 0) is 18.2 Å². The number of nitrogens with one attached hydrogen (secondary N) is 1. The van der Waals surface area contributed by atoms with E-state index in [0.717, 1.165) is 22.2 Å². The van der Waals surface area contributed by atoms with E-state index >= 15 is 0 Å². The number of fused-ring (bicyclic) bond motifs is 1. The number of aliphatic hydroxyl groups excluding tert-OH is 1. The van der Waals surface area contributed by atoms with E-state index in [-0.39, 0.29) is 18.6 Å². The highest BCUT2D eigenvalue weighted by molar-refractivity contribution is 6.29. The van der Waals surface area contributed by atoms with Gasteiger partial charge in [0.05, 0.1) is 29.8 Å². The molecule has 0 bridgehead atoms. The second-order valence-electron chi connectivity index (χ2n) is 7.00. The van der Waals surface area contributed by atoms with Gasteiger partial charge in [0.1, 0.15) is 10.8 Å². The van der Waals surface area contributed by atoms with E-state index < -0.39 is 6.10 Å². The highest BCUT2D eigenvalue weighted by Gasteiger charge is 2.26. The molecule has 28 heavy (non-hydrogen) atoms. The first-order chi connectivity index (χ1) is 13.5. The van der Waals surface area contributed by atoms with E-state index in [1.54, 1.807) is 18.3 Å². The minimum Gasteiger partial charge on any atom is -0.389 e. The standard InChI is InChI=1S/C20H21ClN4O3/c1-25-6-4-15-19(25)13(8-12-2-3-18(21)22-10-12)9-16(23-15)20(27)24-14-5-7-28-11-17(14)26/h2-4,6,9-10,14,17,26H,5,7-8,11H2,1H3,(H,24,27). The molecule has 2 N–H and O–H groups in total. The number of pyridine rings is 2. The van der Waals surface area contributed by atoms with Gasteiger partial charge in [-0.3, -0.25) is 4.79 Å². The molecule has 0 radical (unpaired) electrons. The topological polar surface area (TPSA) is 89.3 Å². The summed E-state index contributed by atoms with van der Waals surface area (Å²) in [5, 5.41) is 13.4. The fourth-order valence-electron chi connectivity index (χ4n) is 3.51. The number of ether oxygens (including phenoxy) is 1. The van der Waals surface area contributed by atoms with Crippen molar-refractivity contribution in [2.45, 2.75) is 25.0 Å². The Hall–Kier alpha value is -2.48. The zero-order valence-corrected chi connectivity index (χ0v) is 16.2. The summed E-state index contributed by atoms with van der Waals surface area (Å²) in [5.41, 5.74) is 4.01. The van der Waals surface area contributed by atoms with E-state index in [9.17, 15) is 9.90 Å². The van der Waals surface area contributed by atoms with Crippen LogP contribution in [0.2, 0.25) is 5.15 Å². The highest BCUT2D eigenvalue weighted by Crippen LogP contribution is 2.23. The van der Waals surface area contributed by atoms with Gasteiger partial charge in [0, 0.05) is 32.5 Å². The van der Waals surface area contributed by atoms with Crippen LogP contribution in [0.1, 0.15) is 28.0 Å². The first-order valence-electron chi connectivity index (χ1n) is 9.13. The Bertz CT molecular complexity index is 1000. The predicted octanol–water partition coefficient (Wildman–Crippen LogP) is 2.09. The molecule has 8 heteroatoms. The van der Waals surface area contributed by atoms with Crippen LogP contribution in [0.25, 0.3) is 11.0 Å². The van der Waals surface area contributed by atoms with Gasteiger partial charge < -0.3 is 19.7 Å². The third-order valence-electron chi connectivity index (χ3n) is 4.97. The fraction of sp³-hybridized carbons (Fsp3) is 0.350. The van der Waals surface area contributed by atoms with Gasteiger partial charge in [-0.15, -0.1) is 0 Å². The molecule has 1 amide bonds. The number of halogens is 1. The van der Waals surface area contributed by atoms with Crippen molar-refractivity contribution < 1.29 is 14.6 Å². The van der Waals surface area contributed by atoms with Crippen LogP contribution in [0.4, 0.5) is 0 Å². The molecule has 4 rings (SSSR count). The van der Waals surface area contributed by atoms with Crippen molar-refractivity contribution in [2.75, 3.05) is 13.2 Å². The molecule has 0 spiro atoms. The van der Waals surface area contributed by atoms with Crippen LogP contribution in [-0.4, -0.2) is 50.9 Å². The average Bonchev–Trinajstić information content (AvgIpc) is 3.06. The lowest BCUT2D eigenvalue weighted by atomic mass is 10.0. The molecule has 2 unspecified atom stereocenters. The molecule has 3 aromatic heterocycles. The van der Waals surface area contributed by atoms with E-state index in [1.807, 2.05) is 29.9 Å². The zero-order chi connectivity index (χ0) is 19.7. The van der Waals surface area contributed by atoms with Crippen molar-refractivity contribution in [1.82, 2.24) is 19.9 Å². The second-order valence-corrected chi connectivity index (χ2v) is 7.39. The van der Waals surface area contributed by atoms with E-state index in [1.165, 1.54) is 0 Å². The third-order valence-corrected chi connectivity index (χ3v) is 5.19. The number of hydrogen-bond donors (Lipinski definition) is 2. The van der Waals surface area contributed by atoms with Crippen molar-refractivity contribution in [3.05, 3.63) is 58.6 Å². The number of hydrogen-bond acceptors (Lipinski definition) is 5. The SMILES string of the molecule is Cn1ccc2nc(C(=O)NC3CCOCC3O)cc(Cc3ccc(Cl)nc3)c21. The number of carbonyl (C=O) groups excluding carboxylic acids is 1. The summed E-state index contributed by atoms with van der Waals surface area (Å²) in [6, 6.07) is 7.03. The number of rotatable bonds is 4. The van der Waals surface area contributed by atoms with Crippen LogP contribution in [0.3, 0.4) is 0 Å². The summed E-state index contributed by atoms with van der Waals surface area (Å²) in [7, 11) is 1.95. The maximum absolute atomic E-state index is 12.8. The van der Waals surface area contributed by atoms with Crippen LogP contribution >= 0.6 is 11.6 Å². The monoisotopic (exact) mass is 400 g/mol. The summed E-state index contributed by atoms with van der Waals surface area (Å²) in [6.07, 6.45) is 4.11. The van der Waals surface area contributed by atoms with Gasteiger partial charge >= 0.3 is 0 Å². The third kappa shape index (κ3) is 3.87. The highest BCUT2D eigenvalue weighted by atomic mass is 35.5. The average molecular weight is 401 g/mol. The fourth-order valence-corrected chi connectivity index (χ4v) is 3.62. The molecule has 7 nitrogen and oxygen atoms in total. The van der Waals surface area contributed by atoms with Crippen LogP contribution in [0.5, 0.6) is 0 Å². The lowest BCUT2D eigenvalue weighted by Gasteiger charge is -2.28. The summed E-state index contributed by atoms with van der Waals surface area (Å²) in [5.74, 6) is -0.299. The molecule has 1 aliphatic rings. The Morgan fingerprint density at radius 2 is 2.29 bits per heavy atom. The molecular formula is C20H21ClN4O3. The molecule has 1 fully saturated rings. The molecule has 0 saturated carbocycles. The van der Waals surface area contributed by atoms with Crippen molar-refractivity contribution in [1.29, 1.82) is 0 Å². The maximum atomic E-state index is 12.8. The van der Waals surface area contributed by atoms with E-state index in [2.05, 4.69) is 15.3 Å². The van der Waals surface area contributed by atoms with Crippen molar-refractivity contribution in [2.24, 2.45) is 7.05 Å². The Labute approximate surface area is 167 Å². The molecule has 1 aliphatic heterocycles. The zero-order valence-electron chi connectivity index (χ0n) is 15.4. The quantitative estimate of drug-likeness (QED) is 0.654. The minimum absolute atomic E-state index is 0.227. The molecule has 3 aromatic rings. The van der Waals surface area contributed by atoms with Gasteiger partial charge in [-0.2, -0.15) is 0 Å². The van der Waals surface area contributed by atoms with Gasteiger partial charge in [0.2, 0.25) is 0 Å².